The number of hydrogen-bond donors (Lipinski definition) is 1. The number of aromatic nitrogens is 6. The largest absolute Gasteiger partial charge is 0.296 e. The van der Waals surface area contributed by atoms with Crippen molar-refractivity contribution in [3.05, 3.63) is 54.1 Å². The van der Waals surface area contributed by atoms with Crippen LogP contribution in [0.25, 0.3) is 16.3 Å². The summed E-state index contributed by atoms with van der Waals surface area (Å²) in [5.74, 6) is -0.327. The fourth-order valence-corrected chi connectivity index (χ4v) is 2.87. The van der Waals surface area contributed by atoms with Crippen LogP contribution in [-0.2, 0) is 0 Å². The average molecular weight is 337 g/mol. The SMILES string of the molecule is Cc1ccn2ncc(C(=O)Nc3nnc(-c4ccccn4)s3)c2n1. The molecular formula is C15H11N7OS. The third-order valence-electron chi connectivity index (χ3n) is 3.28. The molecular weight excluding hydrogens is 326 g/mol. The molecule has 4 aromatic heterocycles. The number of anilines is 1. The molecule has 0 bridgehead atoms. The first-order valence-corrected chi connectivity index (χ1v) is 7.89. The minimum Gasteiger partial charge on any atom is -0.296 e. The van der Waals surface area contributed by atoms with Gasteiger partial charge < -0.3 is 0 Å². The molecule has 0 atom stereocenters. The molecule has 4 aromatic rings. The van der Waals surface area contributed by atoms with Crippen molar-refractivity contribution >= 4 is 28.0 Å². The van der Waals surface area contributed by atoms with Crippen LogP contribution in [0.1, 0.15) is 16.1 Å². The van der Waals surface area contributed by atoms with Gasteiger partial charge in [-0.2, -0.15) is 5.10 Å². The number of pyridine rings is 1. The smallest absolute Gasteiger partial charge is 0.262 e. The molecule has 0 fully saturated rings. The Kier molecular flexibility index (Phi) is 3.47. The van der Waals surface area contributed by atoms with Crippen molar-refractivity contribution in [1.29, 1.82) is 0 Å². The van der Waals surface area contributed by atoms with Gasteiger partial charge in [0.15, 0.2) is 10.7 Å². The molecule has 4 heterocycles. The number of nitrogens with one attached hydrogen (secondary N) is 1. The summed E-state index contributed by atoms with van der Waals surface area (Å²) in [5.41, 5.74) is 2.41. The lowest BCUT2D eigenvalue weighted by Gasteiger charge is -1.99. The molecule has 0 aromatic carbocycles. The maximum Gasteiger partial charge on any atom is 0.262 e. The second kappa shape index (κ2) is 5.78. The Hall–Kier alpha value is -3.20. The molecule has 9 heteroatoms. The lowest BCUT2D eigenvalue weighted by Crippen LogP contribution is -2.12. The number of nitrogens with zero attached hydrogens (tertiary/aromatic N) is 6. The molecule has 118 valence electrons. The molecule has 0 aliphatic heterocycles. The molecule has 0 saturated heterocycles. The van der Waals surface area contributed by atoms with Crippen molar-refractivity contribution in [3.63, 3.8) is 0 Å². The van der Waals surface area contributed by atoms with Gasteiger partial charge in [0, 0.05) is 18.1 Å². The summed E-state index contributed by atoms with van der Waals surface area (Å²) in [5, 5.41) is 15.9. The lowest BCUT2D eigenvalue weighted by atomic mass is 10.3. The summed E-state index contributed by atoms with van der Waals surface area (Å²) in [7, 11) is 0. The molecule has 0 unspecified atom stereocenters. The van der Waals surface area contributed by atoms with Crippen LogP contribution in [0.15, 0.2) is 42.9 Å². The maximum absolute atomic E-state index is 12.5. The third kappa shape index (κ3) is 2.61. The van der Waals surface area contributed by atoms with Crippen molar-refractivity contribution in [1.82, 2.24) is 29.8 Å². The van der Waals surface area contributed by atoms with Gasteiger partial charge in [-0.05, 0) is 25.1 Å². The Morgan fingerprint density at radius 2 is 2.17 bits per heavy atom. The molecule has 1 amide bonds. The second-order valence-corrected chi connectivity index (χ2v) is 5.95. The van der Waals surface area contributed by atoms with Crippen molar-refractivity contribution in [2.45, 2.75) is 6.92 Å². The van der Waals surface area contributed by atoms with Crippen LogP contribution in [0.2, 0.25) is 0 Å². The van der Waals surface area contributed by atoms with Gasteiger partial charge in [0.05, 0.1) is 6.20 Å². The monoisotopic (exact) mass is 337 g/mol. The highest BCUT2D eigenvalue weighted by Crippen LogP contribution is 2.24. The van der Waals surface area contributed by atoms with Gasteiger partial charge in [0.2, 0.25) is 5.13 Å². The van der Waals surface area contributed by atoms with E-state index in [-0.39, 0.29) is 5.91 Å². The van der Waals surface area contributed by atoms with Crippen LogP contribution < -0.4 is 5.32 Å². The molecule has 24 heavy (non-hydrogen) atoms. The summed E-state index contributed by atoms with van der Waals surface area (Å²) in [4.78, 5) is 21.0. The van der Waals surface area contributed by atoms with Gasteiger partial charge in [-0.15, -0.1) is 10.2 Å². The standard InChI is InChI=1S/C15H11N7OS/c1-9-5-7-22-12(18-9)10(8-17-22)13(23)19-15-21-20-14(24-15)11-4-2-3-6-16-11/h2-8H,1H3,(H,19,21,23). The number of hydrogen-bond acceptors (Lipinski definition) is 7. The number of rotatable bonds is 3. The molecule has 0 radical (unpaired) electrons. The predicted octanol–water partition coefficient (Wildman–Crippen LogP) is 2.20. The van der Waals surface area contributed by atoms with Crippen LogP contribution in [0, 0.1) is 6.92 Å². The molecule has 8 nitrogen and oxygen atoms in total. The minimum atomic E-state index is -0.327. The van der Waals surface area contributed by atoms with Gasteiger partial charge in [-0.25, -0.2) is 9.50 Å². The predicted molar refractivity (Wildman–Crippen MR) is 88.8 cm³/mol. The zero-order valence-electron chi connectivity index (χ0n) is 12.5. The first kappa shape index (κ1) is 14.4. The van der Waals surface area contributed by atoms with Gasteiger partial charge >= 0.3 is 0 Å². The van der Waals surface area contributed by atoms with E-state index in [4.69, 9.17) is 0 Å². The Labute approximate surface area is 140 Å². The van der Waals surface area contributed by atoms with E-state index in [0.29, 0.717) is 27.0 Å². The van der Waals surface area contributed by atoms with E-state index in [9.17, 15) is 4.79 Å². The first-order valence-electron chi connectivity index (χ1n) is 7.08. The van der Waals surface area contributed by atoms with Crippen LogP contribution in [0.5, 0.6) is 0 Å². The summed E-state index contributed by atoms with van der Waals surface area (Å²) in [6, 6.07) is 7.36. The molecule has 0 saturated carbocycles. The average Bonchev–Trinajstić information content (AvgIpc) is 3.22. The van der Waals surface area contributed by atoms with E-state index in [1.54, 1.807) is 16.9 Å². The zero-order chi connectivity index (χ0) is 16.5. The van der Waals surface area contributed by atoms with Gasteiger partial charge in [-0.1, -0.05) is 17.4 Å². The van der Waals surface area contributed by atoms with Crippen LogP contribution in [0.3, 0.4) is 0 Å². The maximum atomic E-state index is 12.5. The van der Waals surface area contributed by atoms with E-state index in [1.165, 1.54) is 17.5 Å². The lowest BCUT2D eigenvalue weighted by molar-refractivity contribution is 0.102. The Morgan fingerprint density at radius 1 is 1.25 bits per heavy atom. The normalized spacial score (nSPS) is 10.9. The minimum absolute atomic E-state index is 0.327. The van der Waals surface area contributed by atoms with Gasteiger partial charge in [0.25, 0.3) is 5.91 Å². The Bertz CT molecular complexity index is 1020. The fraction of sp³-hybridized carbons (Fsp3) is 0.0667. The van der Waals surface area contributed by atoms with Gasteiger partial charge in [0.1, 0.15) is 11.3 Å². The molecule has 1 N–H and O–H groups in total. The van der Waals surface area contributed by atoms with Crippen molar-refractivity contribution in [2.75, 3.05) is 5.32 Å². The van der Waals surface area contributed by atoms with Crippen molar-refractivity contribution in [3.8, 4) is 10.7 Å². The molecule has 4 rings (SSSR count). The van der Waals surface area contributed by atoms with E-state index >= 15 is 0 Å². The highest BCUT2D eigenvalue weighted by atomic mass is 32.1. The van der Waals surface area contributed by atoms with E-state index < -0.39 is 0 Å². The number of amides is 1. The van der Waals surface area contributed by atoms with Crippen molar-refractivity contribution in [2.24, 2.45) is 0 Å². The fourth-order valence-electron chi connectivity index (χ4n) is 2.15. The topological polar surface area (TPSA) is 98.0 Å². The van der Waals surface area contributed by atoms with Crippen LogP contribution >= 0.6 is 11.3 Å². The molecule has 0 aliphatic carbocycles. The zero-order valence-corrected chi connectivity index (χ0v) is 13.4. The van der Waals surface area contributed by atoms with E-state index in [1.807, 2.05) is 31.2 Å². The quantitative estimate of drug-likeness (QED) is 0.615. The number of aryl methyl sites for hydroxylation is 1. The summed E-state index contributed by atoms with van der Waals surface area (Å²) >= 11 is 1.26. The number of carbonyl (C=O) groups excluding carboxylic acids is 1. The molecule has 0 aliphatic rings. The number of carbonyl (C=O) groups is 1. The van der Waals surface area contributed by atoms with E-state index in [2.05, 4.69) is 30.6 Å². The van der Waals surface area contributed by atoms with Crippen molar-refractivity contribution < 1.29 is 4.79 Å². The Morgan fingerprint density at radius 3 is 3.00 bits per heavy atom. The highest BCUT2D eigenvalue weighted by molar-refractivity contribution is 7.18. The number of fused-ring (bicyclic) bond motifs is 1. The van der Waals surface area contributed by atoms with E-state index in [0.717, 1.165) is 5.69 Å². The van der Waals surface area contributed by atoms with Crippen LogP contribution in [-0.4, -0.2) is 35.7 Å². The summed E-state index contributed by atoms with van der Waals surface area (Å²) in [6.45, 7) is 1.86. The highest BCUT2D eigenvalue weighted by Gasteiger charge is 2.16. The van der Waals surface area contributed by atoms with Gasteiger partial charge in [-0.3, -0.25) is 15.1 Å². The Balaban J connectivity index is 1.60. The molecule has 0 spiro atoms. The first-order chi connectivity index (χ1) is 11.7. The third-order valence-corrected chi connectivity index (χ3v) is 4.14. The second-order valence-electron chi connectivity index (χ2n) is 4.98. The summed E-state index contributed by atoms with van der Waals surface area (Å²) < 4.78 is 1.56. The van der Waals surface area contributed by atoms with Crippen LogP contribution in [0.4, 0.5) is 5.13 Å². The summed E-state index contributed by atoms with van der Waals surface area (Å²) in [6.07, 6.45) is 4.93.